The van der Waals surface area contributed by atoms with Crippen molar-refractivity contribution in [3.05, 3.63) is 41.3 Å². The molecule has 0 saturated carbocycles. The fourth-order valence-corrected chi connectivity index (χ4v) is 3.76. The molecule has 1 fully saturated rings. The van der Waals surface area contributed by atoms with E-state index in [1.807, 2.05) is 0 Å². The summed E-state index contributed by atoms with van der Waals surface area (Å²) >= 11 is 0. The van der Waals surface area contributed by atoms with E-state index in [-0.39, 0.29) is 22.9 Å². The predicted molar refractivity (Wildman–Crippen MR) is 98.5 cm³/mol. The standard InChI is InChI=1S/C20H23F4N3O2/c1-19(2,29)11-12-5-7-27(8-6-12)18(28)17-10-16(25-26-17)14-4-3-13(21)9-15(14)20(22,23)24/h3-4,9-10,12,29H,5-8,11H2,1-2H3,(H,25,26). The highest BCUT2D eigenvalue weighted by molar-refractivity contribution is 5.93. The van der Waals surface area contributed by atoms with Gasteiger partial charge in [-0.15, -0.1) is 0 Å². The molecule has 0 unspecified atom stereocenters. The molecule has 0 bridgehead atoms. The molecule has 29 heavy (non-hydrogen) atoms. The minimum absolute atomic E-state index is 0.0717. The second-order valence-corrected chi connectivity index (χ2v) is 8.11. The van der Waals surface area contributed by atoms with Gasteiger partial charge in [0, 0.05) is 18.7 Å². The number of aromatic nitrogens is 2. The summed E-state index contributed by atoms with van der Waals surface area (Å²) in [6, 6.07) is 3.60. The Kier molecular flexibility index (Phi) is 5.71. The number of likely N-dealkylation sites (tertiary alicyclic amines) is 1. The summed E-state index contributed by atoms with van der Waals surface area (Å²) in [5.74, 6) is -1.03. The van der Waals surface area contributed by atoms with Gasteiger partial charge in [-0.2, -0.15) is 18.3 Å². The third-order valence-corrected chi connectivity index (χ3v) is 5.06. The monoisotopic (exact) mass is 413 g/mol. The van der Waals surface area contributed by atoms with Crippen LogP contribution in [0.1, 0.15) is 49.2 Å². The van der Waals surface area contributed by atoms with Gasteiger partial charge in [-0.25, -0.2) is 4.39 Å². The first-order valence-corrected chi connectivity index (χ1v) is 9.38. The molecule has 1 aliphatic heterocycles. The third kappa shape index (κ3) is 5.14. The van der Waals surface area contributed by atoms with Crippen molar-refractivity contribution in [1.82, 2.24) is 15.1 Å². The molecule has 2 N–H and O–H groups in total. The number of carbonyl (C=O) groups is 1. The van der Waals surface area contributed by atoms with E-state index in [1.54, 1.807) is 18.7 Å². The van der Waals surface area contributed by atoms with E-state index in [2.05, 4.69) is 10.2 Å². The number of aliphatic hydroxyl groups is 1. The van der Waals surface area contributed by atoms with Crippen molar-refractivity contribution in [2.75, 3.05) is 13.1 Å². The zero-order valence-electron chi connectivity index (χ0n) is 16.2. The molecule has 0 aliphatic carbocycles. The van der Waals surface area contributed by atoms with Crippen LogP contribution in [-0.4, -0.2) is 44.8 Å². The number of carbonyl (C=O) groups excluding carboxylic acids is 1. The number of amides is 1. The van der Waals surface area contributed by atoms with E-state index < -0.39 is 23.2 Å². The number of H-pyrrole nitrogens is 1. The lowest BCUT2D eigenvalue weighted by atomic mass is 9.86. The number of halogens is 4. The number of benzene rings is 1. The van der Waals surface area contributed by atoms with Crippen molar-refractivity contribution in [3.63, 3.8) is 0 Å². The lowest BCUT2D eigenvalue weighted by Crippen LogP contribution is -2.40. The Balaban J connectivity index is 1.74. The summed E-state index contributed by atoms with van der Waals surface area (Å²) in [5.41, 5.74) is -2.19. The maximum Gasteiger partial charge on any atom is 0.417 e. The van der Waals surface area contributed by atoms with Crippen LogP contribution in [0.2, 0.25) is 0 Å². The Morgan fingerprint density at radius 3 is 2.48 bits per heavy atom. The van der Waals surface area contributed by atoms with Crippen molar-refractivity contribution in [2.24, 2.45) is 5.92 Å². The number of piperidine rings is 1. The van der Waals surface area contributed by atoms with Crippen LogP contribution >= 0.6 is 0 Å². The van der Waals surface area contributed by atoms with Crippen molar-refractivity contribution >= 4 is 5.91 Å². The number of alkyl halides is 3. The Hall–Kier alpha value is -2.42. The summed E-state index contributed by atoms with van der Waals surface area (Å²) in [6.07, 6.45) is -2.61. The summed E-state index contributed by atoms with van der Waals surface area (Å²) in [5, 5.41) is 16.3. The average Bonchev–Trinajstić information content (AvgIpc) is 3.09. The molecule has 0 radical (unpaired) electrons. The SMILES string of the molecule is CC(C)(O)CC1CCN(C(=O)c2cc(-c3ccc(F)cc3C(F)(F)F)n[nH]2)CC1. The van der Waals surface area contributed by atoms with Crippen LogP contribution in [0, 0.1) is 11.7 Å². The maximum absolute atomic E-state index is 13.3. The Labute approximate surface area is 165 Å². The van der Waals surface area contributed by atoms with Crippen LogP contribution in [0.15, 0.2) is 24.3 Å². The smallest absolute Gasteiger partial charge is 0.390 e. The van der Waals surface area contributed by atoms with Gasteiger partial charge in [0.15, 0.2) is 0 Å². The van der Waals surface area contributed by atoms with Gasteiger partial charge in [-0.3, -0.25) is 9.89 Å². The average molecular weight is 413 g/mol. The highest BCUT2D eigenvalue weighted by Crippen LogP contribution is 2.37. The molecule has 158 valence electrons. The highest BCUT2D eigenvalue weighted by Gasteiger charge is 2.35. The molecule has 2 aromatic rings. The molecule has 2 heterocycles. The summed E-state index contributed by atoms with van der Waals surface area (Å²) in [6.45, 7) is 4.50. The molecule has 1 aromatic heterocycles. The molecule has 1 aliphatic rings. The van der Waals surface area contributed by atoms with Crippen LogP contribution < -0.4 is 0 Å². The van der Waals surface area contributed by atoms with Crippen LogP contribution in [0.3, 0.4) is 0 Å². The fourth-order valence-electron chi connectivity index (χ4n) is 3.76. The number of hydrogen-bond donors (Lipinski definition) is 2. The lowest BCUT2D eigenvalue weighted by molar-refractivity contribution is -0.137. The largest absolute Gasteiger partial charge is 0.417 e. The van der Waals surface area contributed by atoms with Gasteiger partial charge in [0.2, 0.25) is 0 Å². The molecule has 9 heteroatoms. The second kappa shape index (κ2) is 7.78. The molecule has 5 nitrogen and oxygen atoms in total. The van der Waals surface area contributed by atoms with E-state index in [4.69, 9.17) is 0 Å². The van der Waals surface area contributed by atoms with Crippen molar-refractivity contribution in [1.29, 1.82) is 0 Å². The molecular weight excluding hydrogens is 390 g/mol. The van der Waals surface area contributed by atoms with E-state index in [0.29, 0.717) is 31.5 Å². The predicted octanol–water partition coefficient (Wildman–Crippen LogP) is 4.25. The normalized spacial score (nSPS) is 16.3. The minimum Gasteiger partial charge on any atom is -0.390 e. The number of hydrogen-bond acceptors (Lipinski definition) is 3. The minimum atomic E-state index is -4.75. The molecule has 1 saturated heterocycles. The molecule has 3 rings (SSSR count). The van der Waals surface area contributed by atoms with Gasteiger partial charge in [0.1, 0.15) is 11.5 Å². The Bertz CT molecular complexity index is 879. The first-order chi connectivity index (χ1) is 13.4. The van der Waals surface area contributed by atoms with Gasteiger partial charge < -0.3 is 10.0 Å². The number of rotatable bonds is 4. The summed E-state index contributed by atoms with van der Waals surface area (Å²) < 4.78 is 53.0. The van der Waals surface area contributed by atoms with Crippen LogP contribution in [-0.2, 0) is 6.18 Å². The van der Waals surface area contributed by atoms with Crippen LogP contribution in [0.4, 0.5) is 17.6 Å². The van der Waals surface area contributed by atoms with E-state index in [0.717, 1.165) is 25.0 Å². The zero-order valence-corrected chi connectivity index (χ0v) is 16.2. The molecule has 0 atom stereocenters. The molecular formula is C20H23F4N3O2. The van der Waals surface area contributed by atoms with Crippen molar-refractivity contribution in [3.8, 4) is 11.3 Å². The van der Waals surface area contributed by atoms with Gasteiger partial charge in [-0.05, 0) is 63.3 Å². The maximum atomic E-state index is 13.3. The zero-order chi connectivity index (χ0) is 21.4. The topological polar surface area (TPSA) is 69.2 Å². The van der Waals surface area contributed by atoms with Gasteiger partial charge in [-0.1, -0.05) is 0 Å². The van der Waals surface area contributed by atoms with Crippen LogP contribution in [0.5, 0.6) is 0 Å². The quantitative estimate of drug-likeness (QED) is 0.737. The lowest BCUT2D eigenvalue weighted by Gasteiger charge is -2.34. The summed E-state index contributed by atoms with van der Waals surface area (Å²) in [7, 11) is 0. The molecule has 1 aromatic carbocycles. The number of nitrogens with zero attached hydrogens (tertiary/aromatic N) is 2. The third-order valence-electron chi connectivity index (χ3n) is 5.06. The van der Waals surface area contributed by atoms with Crippen molar-refractivity contribution < 1.29 is 27.5 Å². The van der Waals surface area contributed by atoms with Gasteiger partial charge in [0.05, 0.1) is 16.9 Å². The van der Waals surface area contributed by atoms with Gasteiger partial charge >= 0.3 is 6.18 Å². The van der Waals surface area contributed by atoms with Gasteiger partial charge in [0.25, 0.3) is 5.91 Å². The highest BCUT2D eigenvalue weighted by atomic mass is 19.4. The van der Waals surface area contributed by atoms with Crippen LogP contribution in [0.25, 0.3) is 11.3 Å². The molecule has 1 amide bonds. The fraction of sp³-hybridized carbons (Fsp3) is 0.500. The second-order valence-electron chi connectivity index (χ2n) is 8.11. The van der Waals surface area contributed by atoms with Crippen molar-refractivity contribution in [2.45, 2.75) is 44.9 Å². The molecule has 0 spiro atoms. The van der Waals surface area contributed by atoms with E-state index in [9.17, 15) is 27.5 Å². The summed E-state index contributed by atoms with van der Waals surface area (Å²) in [4.78, 5) is 14.3. The van der Waals surface area contributed by atoms with E-state index in [1.165, 1.54) is 6.07 Å². The first-order valence-electron chi connectivity index (χ1n) is 9.38. The van der Waals surface area contributed by atoms with E-state index >= 15 is 0 Å². The number of aromatic amines is 1. The first kappa shape index (κ1) is 21.3. The number of nitrogens with one attached hydrogen (secondary N) is 1. The Morgan fingerprint density at radius 1 is 1.24 bits per heavy atom. The Morgan fingerprint density at radius 2 is 1.90 bits per heavy atom.